The fraction of sp³-hybridized carbons (Fsp3) is 0.633. The molecule has 1 unspecified atom stereocenters. The van der Waals surface area contributed by atoms with Crippen LogP contribution in [0.4, 0.5) is 0 Å². The van der Waals surface area contributed by atoms with Crippen molar-refractivity contribution in [2.75, 3.05) is 0 Å². The Hall–Kier alpha value is -1.99. The van der Waals surface area contributed by atoms with Crippen LogP contribution in [0.5, 0.6) is 0 Å². The highest BCUT2D eigenvalue weighted by Gasteiger charge is 2.46. The first-order chi connectivity index (χ1) is 17.4. The van der Waals surface area contributed by atoms with E-state index in [2.05, 4.69) is 25.7 Å². The van der Waals surface area contributed by atoms with Gasteiger partial charge in [-0.05, 0) is 70.6 Å². The fourth-order valence-corrected chi connectivity index (χ4v) is 5.50. The largest absolute Gasteiger partial charge is 0.456 e. The molecule has 4 aliphatic rings. The summed E-state index contributed by atoms with van der Waals surface area (Å²) in [5, 5.41) is 21.6. The van der Waals surface area contributed by atoms with Gasteiger partial charge >= 0.3 is 5.97 Å². The van der Waals surface area contributed by atoms with Crippen molar-refractivity contribution in [2.24, 2.45) is 5.92 Å². The van der Waals surface area contributed by atoms with Gasteiger partial charge in [0.05, 0.1) is 24.4 Å². The fourth-order valence-electron chi connectivity index (χ4n) is 5.50. The molecule has 2 bridgehead atoms. The number of fused-ring (bicyclic) bond motifs is 3. The van der Waals surface area contributed by atoms with Crippen LogP contribution in [0.25, 0.3) is 0 Å². The predicted octanol–water partition coefficient (Wildman–Crippen LogP) is 4.87. The molecule has 0 radical (unpaired) electrons. The molecule has 6 heteroatoms. The Bertz CT molecular complexity index is 886. The summed E-state index contributed by atoms with van der Waals surface area (Å²) < 4.78 is 17.6. The van der Waals surface area contributed by atoms with Crippen LogP contribution in [0.2, 0.25) is 0 Å². The molecule has 0 saturated carbocycles. The Morgan fingerprint density at radius 1 is 1.17 bits per heavy atom. The molecule has 0 amide bonds. The van der Waals surface area contributed by atoms with E-state index in [1.165, 1.54) is 11.6 Å². The predicted molar refractivity (Wildman–Crippen MR) is 139 cm³/mol. The van der Waals surface area contributed by atoms with E-state index in [0.29, 0.717) is 25.2 Å². The number of allylic oxidation sites excluding steroid dienone is 3. The minimum absolute atomic E-state index is 0.0605. The Morgan fingerprint density at radius 2 is 2.03 bits per heavy atom. The third kappa shape index (κ3) is 8.27. The van der Waals surface area contributed by atoms with Gasteiger partial charge in [0.25, 0.3) is 0 Å². The molecular weight excluding hydrogens is 456 g/mol. The summed E-state index contributed by atoms with van der Waals surface area (Å²) in [4.78, 5) is 12.6. The number of hydrogen-bond acceptors (Lipinski definition) is 6. The number of aliphatic hydroxyl groups excluding tert-OH is 2. The van der Waals surface area contributed by atoms with Gasteiger partial charge in [-0.25, -0.2) is 4.79 Å². The Morgan fingerprint density at radius 3 is 2.86 bits per heavy atom. The number of rotatable bonds is 3. The van der Waals surface area contributed by atoms with Crippen LogP contribution in [0.1, 0.15) is 71.1 Å². The lowest BCUT2D eigenvalue weighted by molar-refractivity contribution is -0.148. The summed E-state index contributed by atoms with van der Waals surface area (Å²) in [6.45, 7) is 6.29. The van der Waals surface area contributed by atoms with E-state index >= 15 is 0 Å². The van der Waals surface area contributed by atoms with Crippen LogP contribution in [-0.2, 0) is 19.0 Å². The lowest BCUT2D eigenvalue weighted by atomic mass is 9.89. The summed E-state index contributed by atoms with van der Waals surface area (Å²) in [6, 6.07) is 0. The van der Waals surface area contributed by atoms with Crippen LogP contribution in [0.15, 0.2) is 60.3 Å². The Labute approximate surface area is 215 Å². The van der Waals surface area contributed by atoms with Crippen molar-refractivity contribution < 1.29 is 29.2 Å². The van der Waals surface area contributed by atoms with E-state index in [-0.39, 0.29) is 24.4 Å². The van der Waals surface area contributed by atoms with Gasteiger partial charge < -0.3 is 24.4 Å². The van der Waals surface area contributed by atoms with Gasteiger partial charge in [-0.15, -0.1) is 0 Å². The highest BCUT2D eigenvalue weighted by molar-refractivity contribution is 5.82. The molecule has 2 N–H and O–H groups in total. The highest BCUT2D eigenvalue weighted by atomic mass is 16.6. The number of aliphatic hydroxyl groups is 2. The highest BCUT2D eigenvalue weighted by Crippen LogP contribution is 2.34. The molecule has 6 nitrogen and oxygen atoms in total. The molecule has 3 aliphatic heterocycles. The molecule has 36 heavy (non-hydrogen) atoms. The van der Waals surface area contributed by atoms with E-state index in [1.807, 2.05) is 12.2 Å². The molecule has 0 aromatic rings. The van der Waals surface area contributed by atoms with Gasteiger partial charge in [-0.2, -0.15) is 0 Å². The second kappa shape index (κ2) is 13.0. The molecule has 1 saturated heterocycles. The van der Waals surface area contributed by atoms with Crippen LogP contribution in [0.3, 0.4) is 0 Å². The molecule has 3 heterocycles. The van der Waals surface area contributed by atoms with Crippen molar-refractivity contribution in [3.8, 4) is 0 Å². The van der Waals surface area contributed by atoms with Crippen LogP contribution in [-0.4, -0.2) is 58.9 Å². The van der Waals surface area contributed by atoms with Crippen molar-refractivity contribution in [1.82, 2.24) is 0 Å². The van der Waals surface area contributed by atoms with Crippen molar-refractivity contribution >= 4 is 5.97 Å². The maximum absolute atomic E-state index is 12.6. The molecule has 198 valence electrons. The maximum Gasteiger partial charge on any atom is 0.330 e. The quantitative estimate of drug-likeness (QED) is 0.328. The number of carbonyl (C=O) groups excluding carboxylic acids is 1. The molecule has 0 aromatic carbocycles. The minimum Gasteiger partial charge on any atom is -0.456 e. The van der Waals surface area contributed by atoms with Gasteiger partial charge in [0.15, 0.2) is 0 Å². The molecule has 1 fully saturated rings. The topological polar surface area (TPSA) is 88.5 Å². The van der Waals surface area contributed by atoms with E-state index < -0.39 is 24.3 Å². The second-order valence-corrected chi connectivity index (χ2v) is 10.8. The maximum atomic E-state index is 12.6. The third-order valence-corrected chi connectivity index (χ3v) is 7.60. The van der Waals surface area contributed by atoms with Gasteiger partial charge in [-0.1, -0.05) is 54.2 Å². The summed E-state index contributed by atoms with van der Waals surface area (Å²) >= 11 is 0. The molecule has 0 spiro atoms. The summed E-state index contributed by atoms with van der Waals surface area (Å²) in [5.41, 5.74) is 2.37. The number of epoxide rings is 1. The lowest BCUT2D eigenvalue weighted by Crippen LogP contribution is -2.32. The van der Waals surface area contributed by atoms with E-state index in [1.54, 1.807) is 12.2 Å². The third-order valence-electron chi connectivity index (χ3n) is 7.60. The SMILES string of the molecule is C=C1CCC[C@@H]2CC=C[C@@H](C/C=C\C(=O)O[C@H]([C@@H](O)/C=C/C3CCC=C(C)C3)C[C@@H]3O[C@H]3[C@@H](O)C1)O2. The van der Waals surface area contributed by atoms with Gasteiger partial charge in [-0.3, -0.25) is 0 Å². The number of carbonyl (C=O) groups is 1. The second-order valence-electron chi connectivity index (χ2n) is 10.8. The average Bonchev–Trinajstić information content (AvgIpc) is 3.61. The van der Waals surface area contributed by atoms with Gasteiger partial charge in [0.2, 0.25) is 0 Å². The summed E-state index contributed by atoms with van der Waals surface area (Å²) in [6.07, 6.45) is 18.8. The number of esters is 1. The number of ether oxygens (including phenoxy) is 3. The number of hydrogen-bond donors (Lipinski definition) is 2. The van der Waals surface area contributed by atoms with Crippen LogP contribution < -0.4 is 0 Å². The van der Waals surface area contributed by atoms with Crippen molar-refractivity contribution in [3.63, 3.8) is 0 Å². The lowest BCUT2D eigenvalue weighted by Gasteiger charge is -2.25. The average molecular weight is 499 g/mol. The Balaban J connectivity index is 1.43. The summed E-state index contributed by atoms with van der Waals surface area (Å²) in [7, 11) is 0. The standard InChI is InChI=1S/C30H42O6/c1-20-7-3-9-22(17-20)15-16-25(31)27-19-28-30(36-28)26(32)18-21(2)8-4-10-23-11-5-12-24(34-23)13-6-14-29(33)35-27/h5-7,12,14-16,22-28,30-32H,2-4,8-11,13,17-19H2,1H3/b14-6-,16-15+/t22?,23-,24+,25+,26+,27+,28+,30+/m1/s1. The van der Waals surface area contributed by atoms with Gasteiger partial charge in [0, 0.05) is 12.5 Å². The van der Waals surface area contributed by atoms with Crippen molar-refractivity contribution in [1.29, 1.82) is 0 Å². The normalized spacial score (nSPS) is 38.3. The van der Waals surface area contributed by atoms with E-state index in [9.17, 15) is 15.0 Å². The zero-order valence-electron chi connectivity index (χ0n) is 21.5. The van der Waals surface area contributed by atoms with Crippen molar-refractivity contribution in [2.45, 2.75) is 114 Å². The van der Waals surface area contributed by atoms with Crippen molar-refractivity contribution in [3.05, 3.63) is 60.3 Å². The van der Waals surface area contributed by atoms with Gasteiger partial charge in [0.1, 0.15) is 18.3 Å². The molecular formula is C30H42O6. The molecule has 0 aromatic heterocycles. The minimum atomic E-state index is -0.943. The first-order valence-electron chi connectivity index (χ1n) is 13.6. The first-order valence-corrected chi connectivity index (χ1v) is 13.6. The first kappa shape index (κ1) is 27.1. The zero-order chi connectivity index (χ0) is 25.5. The monoisotopic (exact) mass is 498 g/mol. The molecule has 4 rings (SSSR count). The van der Waals surface area contributed by atoms with Crippen LogP contribution in [0, 0.1) is 5.92 Å². The van der Waals surface area contributed by atoms with E-state index in [4.69, 9.17) is 14.2 Å². The Kier molecular flexibility index (Phi) is 9.77. The number of cyclic esters (lactones) is 1. The van der Waals surface area contributed by atoms with E-state index in [0.717, 1.165) is 50.5 Å². The summed E-state index contributed by atoms with van der Waals surface area (Å²) in [5.74, 6) is -0.114. The molecule has 8 atom stereocenters. The zero-order valence-corrected chi connectivity index (χ0v) is 21.5. The smallest absolute Gasteiger partial charge is 0.330 e. The molecule has 1 aliphatic carbocycles. The van der Waals surface area contributed by atoms with Crippen LogP contribution >= 0.6 is 0 Å².